The third kappa shape index (κ3) is 3.04. The number of ether oxygens (including phenoxy) is 2. The van der Waals surface area contributed by atoms with E-state index in [1.165, 1.54) is 5.56 Å². The summed E-state index contributed by atoms with van der Waals surface area (Å²) in [5, 5.41) is 34.2. The molecule has 0 amide bonds. The maximum absolute atomic E-state index is 10.3. The third-order valence-electron chi connectivity index (χ3n) is 6.48. The van der Waals surface area contributed by atoms with Gasteiger partial charge in [0.15, 0.2) is 18.7 Å². The molecule has 162 valence electrons. The molecule has 4 aromatic rings. The van der Waals surface area contributed by atoms with Crippen LogP contribution < -0.4 is 4.57 Å². The quantitative estimate of drug-likeness (QED) is 0.434. The van der Waals surface area contributed by atoms with Crippen LogP contribution in [0.5, 0.6) is 0 Å². The number of hydrogen-bond acceptors (Lipinski definition) is 5. The molecule has 1 aliphatic heterocycles. The minimum Gasteiger partial charge on any atom is -0.394 e. The Morgan fingerprint density at radius 1 is 1.10 bits per heavy atom. The first-order valence-electron chi connectivity index (χ1n) is 10.4. The van der Waals surface area contributed by atoms with Gasteiger partial charge in [0.2, 0.25) is 0 Å². The Balaban J connectivity index is 1.71. The lowest BCUT2D eigenvalue weighted by Gasteiger charge is -2.18. The van der Waals surface area contributed by atoms with E-state index in [2.05, 4.69) is 42.9 Å². The smallest absolute Gasteiger partial charge is 0.187 e. The second kappa shape index (κ2) is 7.55. The Morgan fingerprint density at radius 2 is 1.87 bits per heavy atom. The van der Waals surface area contributed by atoms with Crippen molar-refractivity contribution in [2.75, 3.05) is 6.61 Å². The van der Waals surface area contributed by atoms with Crippen LogP contribution in [0.15, 0.2) is 42.7 Å². The summed E-state index contributed by atoms with van der Waals surface area (Å²) in [5.74, 6) is 0. The minimum atomic E-state index is -1.21. The summed E-state index contributed by atoms with van der Waals surface area (Å²) in [5.41, 5.74) is 4.47. The van der Waals surface area contributed by atoms with Crippen molar-refractivity contribution in [2.45, 2.75) is 38.1 Å². The van der Waals surface area contributed by atoms with Gasteiger partial charge in [0.05, 0.1) is 24.1 Å². The van der Waals surface area contributed by atoms with Gasteiger partial charge in [-0.3, -0.25) is 0 Å². The van der Waals surface area contributed by atoms with Crippen LogP contribution in [0.2, 0.25) is 0 Å². The molecule has 4 unspecified atom stereocenters. The lowest BCUT2D eigenvalue weighted by atomic mass is 9.96. The molecule has 7 heteroatoms. The van der Waals surface area contributed by atoms with Crippen LogP contribution in [-0.2, 0) is 30.2 Å². The zero-order valence-corrected chi connectivity index (χ0v) is 17.8. The van der Waals surface area contributed by atoms with Gasteiger partial charge in [0.1, 0.15) is 25.4 Å². The van der Waals surface area contributed by atoms with E-state index < -0.39 is 24.6 Å². The average molecular weight is 423 g/mol. The van der Waals surface area contributed by atoms with Gasteiger partial charge in [0, 0.05) is 35.0 Å². The monoisotopic (exact) mass is 423 g/mol. The molecule has 0 aliphatic carbocycles. The maximum Gasteiger partial charge on any atom is 0.187 e. The summed E-state index contributed by atoms with van der Waals surface area (Å²) < 4.78 is 15.8. The Morgan fingerprint density at radius 3 is 2.61 bits per heavy atom. The molecule has 7 nitrogen and oxygen atoms in total. The van der Waals surface area contributed by atoms with E-state index >= 15 is 0 Å². The minimum absolute atomic E-state index is 0.192. The van der Waals surface area contributed by atoms with E-state index in [4.69, 9.17) is 9.47 Å². The summed E-state index contributed by atoms with van der Waals surface area (Å²) in [7, 11) is 4.06. The van der Waals surface area contributed by atoms with Crippen molar-refractivity contribution in [1.82, 2.24) is 4.57 Å². The molecule has 0 radical (unpaired) electrons. The molecule has 4 atom stereocenters. The highest BCUT2D eigenvalue weighted by Gasteiger charge is 2.43. The van der Waals surface area contributed by atoms with Crippen LogP contribution in [0, 0.1) is 6.92 Å². The lowest BCUT2D eigenvalue weighted by molar-refractivity contribution is -0.670. The molecule has 0 spiro atoms. The Hall–Kier alpha value is -2.55. The highest BCUT2D eigenvalue weighted by molar-refractivity contribution is 6.16. The molecule has 1 saturated heterocycles. The number of para-hydroxylation sites is 1. The first-order valence-corrected chi connectivity index (χ1v) is 10.4. The molecule has 2 aromatic carbocycles. The van der Waals surface area contributed by atoms with Crippen molar-refractivity contribution >= 4 is 32.6 Å². The first kappa shape index (κ1) is 20.4. The third-order valence-corrected chi connectivity index (χ3v) is 6.48. The molecule has 31 heavy (non-hydrogen) atoms. The maximum atomic E-state index is 10.3. The number of rotatable bonds is 4. The van der Waals surface area contributed by atoms with Crippen molar-refractivity contribution in [1.29, 1.82) is 0 Å². The van der Waals surface area contributed by atoms with E-state index in [9.17, 15) is 15.3 Å². The Kier molecular flexibility index (Phi) is 4.96. The molecule has 3 heterocycles. The fourth-order valence-electron chi connectivity index (χ4n) is 4.88. The van der Waals surface area contributed by atoms with Gasteiger partial charge in [-0.15, -0.1) is 0 Å². The fraction of sp³-hybridized carbons (Fsp3) is 0.375. The molecule has 2 aromatic heterocycles. The molecule has 1 fully saturated rings. The van der Waals surface area contributed by atoms with E-state index in [0.29, 0.717) is 0 Å². The van der Waals surface area contributed by atoms with Crippen molar-refractivity contribution < 1.29 is 29.4 Å². The van der Waals surface area contributed by atoms with Crippen LogP contribution in [0.25, 0.3) is 32.6 Å². The van der Waals surface area contributed by atoms with Gasteiger partial charge < -0.3 is 29.4 Å². The largest absolute Gasteiger partial charge is 0.394 e. The topological polar surface area (TPSA) is 88.0 Å². The van der Waals surface area contributed by atoms with Crippen LogP contribution in [0.3, 0.4) is 0 Å². The summed E-state index contributed by atoms with van der Waals surface area (Å²) in [6, 6.07) is 10.4. The van der Waals surface area contributed by atoms with E-state index in [1.54, 1.807) is 0 Å². The number of aliphatic hydroxyl groups is 3. The van der Waals surface area contributed by atoms with Crippen LogP contribution >= 0.6 is 0 Å². The molecule has 0 bridgehead atoms. The summed E-state index contributed by atoms with van der Waals surface area (Å²) in [6.45, 7) is 1.95. The lowest BCUT2D eigenvalue weighted by Crippen LogP contribution is -2.34. The number of aryl methyl sites for hydroxylation is 3. The van der Waals surface area contributed by atoms with Gasteiger partial charge in [-0.25, -0.2) is 4.57 Å². The van der Waals surface area contributed by atoms with Gasteiger partial charge >= 0.3 is 0 Å². The zero-order valence-electron chi connectivity index (χ0n) is 17.8. The molecule has 5 rings (SSSR count). The second-order valence-corrected chi connectivity index (χ2v) is 8.36. The van der Waals surface area contributed by atoms with Crippen molar-refractivity contribution in [3.8, 4) is 0 Å². The number of fused-ring (bicyclic) bond motifs is 4. The molecule has 3 N–H and O–H groups in total. The number of benzene rings is 2. The second-order valence-electron chi connectivity index (χ2n) is 8.36. The van der Waals surface area contributed by atoms with Crippen molar-refractivity contribution in [3.63, 3.8) is 0 Å². The predicted molar refractivity (Wildman–Crippen MR) is 116 cm³/mol. The molecule has 0 saturated carbocycles. The first-order chi connectivity index (χ1) is 14.9. The Labute approximate surface area is 179 Å². The number of aromatic nitrogens is 2. The fourth-order valence-corrected chi connectivity index (χ4v) is 4.88. The highest BCUT2D eigenvalue weighted by Crippen LogP contribution is 2.39. The van der Waals surface area contributed by atoms with E-state index in [1.807, 2.05) is 29.9 Å². The van der Waals surface area contributed by atoms with Gasteiger partial charge in [-0.1, -0.05) is 18.2 Å². The standard InChI is InChI=1S/C24H27N2O5/c1-13-14-8-9-25(2)10-16(14)17(12-30-24-23(29)22(28)19(11-27)31-24)20-15-6-4-5-7-18(15)26(3)21(13)20/h4-10,19,22-24,27-29H,11-12H2,1-3H3/q+1. The van der Waals surface area contributed by atoms with Crippen LogP contribution in [0.4, 0.5) is 0 Å². The van der Waals surface area contributed by atoms with Crippen LogP contribution in [-0.4, -0.2) is 51.1 Å². The van der Waals surface area contributed by atoms with Gasteiger partial charge in [-0.2, -0.15) is 0 Å². The molecular weight excluding hydrogens is 396 g/mol. The normalized spacial score (nSPS) is 24.1. The SMILES string of the molecule is Cc1c2cc[n+](C)cc2c(COC2OC(CO)C(O)C2O)c2c3ccccc3n(C)c12. The van der Waals surface area contributed by atoms with Gasteiger partial charge in [0.25, 0.3) is 0 Å². The number of pyridine rings is 1. The average Bonchev–Trinajstić information content (AvgIpc) is 3.22. The Bertz CT molecular complexity index is 1300. The summed E-state index contributed by atoms with van der Waals surface area (Å²) in [4.78, 5) is 0. The van der Waals surface area contributed by atoms with Gasteiger partial charge in [-0.05, 0) is 23.9 Å². The molecule has 1 aliphatic rings. The van der Waals surface area contributed by atoms with E-state index in [-0.39, 0.29) is 13.2 Å². The number of nitrogens with zero attached hydrogens (tertiary/aromatic N) is 2. The highest BCUT2D eigenvalue weighted by atomic mass is 16.7. The summed E-state index contributed by atoms with van der Waals surface area (Å²) >= 11 is 0. The van der Waals surface area contributed by atoms with Crippen LogP contribution in [0.1, 0.15) is 11.1 Å². The number of aliphatic hydroxyl groups excluding tert-OH is 3. The number of hydrogen-bond donors (Lipinski definition) is 3. The van der Waals surface area contributed by atoms with Crippen molar-refractivity contribution in [3.05, 3.63) is 53.9 Å². The zero-order chi connectivity index (χ0) is 21.9. The van der Waals surface area contributed by atoms with Crippen molar-refractivity contribution in [2.24, 2.45) is 14.1 Å². The molecular formula is C24H27N2O5+. The van der Waals surface area contributed by atoms with E-state index in [0.717, 1.165) is 38.1 Å². The predicted octanol–water partition coefficient (Wildman–Crippen LogP) is 1.57. The summed E-state index contributed by atoms with van der Waals surface area (Å²) in [6.07, 6.45) is -0.149.